The molecule has 0 bridgehead atoms. The van der Waals surface area contributed by atoms with Crippen molar-refractivity contribution in [3.05, 3.63) is 69.2 Å². The van der Waals surface area contributed by atoms with Crippen molar-refractivity contribution in [3.8, 4) is 0 Å². The highest BCUT2D eigenvalue weighted by molar-refractivity contribution is 7.80. The summed E-state index contributed by atoms with van der Waals surface area (Å²) in [6.45, 7) is 4.19. The first-order valence-electron chi connectivity index (χ1n) is 8.24. The lowest BCUT2D eigenvalue weighted by Crippen LogP contribution is -2.54. The predicted molar refractivity (Wildman–Crippen MR) is 113 cm³/mol. The number of hydrogen-bond donors (Lipinski definition) is 1. The zero-order valence-electron chi connectivity index (χ0n) is 14.6. The molecule has 1 aliphatic rings. The van der Waals surface area contributed by atoms with E-state index in [0.29, 0.717) is 16.6 Å². The third kappa shape index (κ3) is 4.05. The molecule has 0 saturated carbocycles. The largest absolute Gasteiger partial charge is 0.298 e. The summed E-state index contributed by atoms with van der Waals surface area (Å²) >= 11 is 17.3. The maximum absolute atomic E-state index is 13.0. The van der Waals surface area contributed by atoms with E-state index < -0.39 is 11.8 Å². The number of hydrogen-bond acceptors (Lipinski definition) is 3. The first-order valence-corrected chi connectivity index (χ1v) is 9.41. The van der Waals surface area contributed by atoms with Gasteiger partial charge in [-0.1, -0.05) is 61.3 Å². The van der Waals surface area contributed by atoms with Crippen molar-refractivity contribution in [2.75, 3.05) is 4.90 Å². The van der Waals surface area contributed by atoms with Gasteiger partial charge in [-0.3, -0.25) is 19.8 Å². The normalized spacial score (nSPS) is 16.3. The Labute approximate surface area is 172 Å². The summed E-state index contributed by atoms with van der Waals surface area (Å²) in [7, 11) is 0. The number of amides is 2. The highest BCUT2D eigenvalue weighted by Gasteiger charge is 2.35. The molecule has 27 heavy (non-hydrogen) atoms. The quantitative estimate of drug-likeness (QED) is 0.435. The summed E-state index contributed by atoms with van der Waals surface area (Å²) in [5, 5.41) is 3.21. The van der Waals surface area contributed by atoms with Gasteiger partial charge >= 0.3 is 0 Å². The number of rotatable bonds is 3. The summed E-state index contributed by atoms with van der Waals surface area (Å²) in [5.74, 6) is -0.689. The van der Waals surface area contributed by atoms with Crippen LogP contribution in [0.4, 0.5) is 5.69 Å². The highest BCUT2D eigenvalue weighted by atomic mass is 35.5. The van der Waals surface area contributed by atoms with E-state index >= 15 is 0 Å². The molecular formula is C20H16Cl2N2O2S. The SMILES string of the molecule is CC(C)c1ccc(/C=C2\C(=O)NC(=S)N(c3ccc(Cl)cc3Cl)C2=O)cc1. The van der Waals surface area contributed by atoms with E-state index in [2.05, 4.69) is 19.2 Å². The van der Waals surface area contributed by atoms with Crippen molar-refractivity contribution >= 4 is 64.1 Å². The van der Waals surface area contributed by atoms with Crippen LogP contribution < -0.4 is 10.2 Å². The van der Waals surface area contributed by atoms with E-state index in [9.17, 15) is 9.59 Å². The van der Waals surface area contributed by atoms with Crippen LogP contribution in [0.2, 0.25) is 10.0 Å². The summed E-state index contributed by atoms with van der Waals surface area (Å²) in [4.78, 5) is 26.5. The average Bonchev–Trinajstić information content (AvgIpc) is 2.60. The van der Waals surface area contributed by atoms with Crippen molar-refractivity contribution < 1.29 is 9.59 Å². The number of halogens is 2. The van der Waals surface area contributed by atoms with Gasteiger partial charge in [0.2, 0.25) is 0 Å². The number of nitrogens with one attached hydrogen (secondary N) is 1. The van der Waals surface area contributed by atoms with Crippen LogP contribution in [0.15, 0.2) is 48.0 Å². The molecule has 0 aliphatic carbocycles. The molecule has 1 N–H and O–H groups in total. The number of benzene rings is 2. The van der Waals surface area contributed by atoms with Gasteiger partial charge in [0, 0.05) is 5.02 Å². The van der Waals surface area contributed by atoms with Gasteiger partial charge in [-0.25, -0.2) is 0 Å². The van der Waals surface area contributed by atoms with E-state index in [4.69, 9.17) is 35.4 Å². The molecule has 1 heterocycles. The fraction of sp³-hybridized carbons (Fsp3) is 0.150. The van der Waals surface area contributed by atoms with Crippen LogP contribution in [-0.4, -0.2) is 16.9 Å². The van der Waals surface area contributed by atoms with Gasteiger partial charge in [0.15, 0.2) is 5.11 Å². The van der Waals surface area contributed by atoms with Crippen LogP contribution in [0.25, 0.3) is 6.08 Å². The number of carbonyl (C=O) groups excluding carboxylic acids is 2. The van der Waals surface area contributed by atoms with Gasteiger partial charge in [0.25, 0.3) is 11.8 Å². The molecule has 0 atom stereocenters. The van der Waals surface area contributed by atoms with Gasteiger partial charge in [-0.15, -0.1) is 0 Å². The van der Waals surface area contributed by atoms with Crippen molar-refractivity contribution in [2.24, 2.45) is 0 Å². The second-order valence-corrected chi connectivity index (χ2v) is 7.61. The van der Waals surface area contributed by atoms with E-state index in [1.165, 1.54) is 16.5 Å². The number of anilines is 1. The maximum atomic E-state index is 13.0. The molecule has 138 valence electrons. The number of thiocarbonyl (C=S) groups is 1. The molecule has 0 spiro atoms. The molecule has 2 aromatic rings. The van der Waals surface area contributed by atoms with Crippen molar-refractivity contribution in [1.82, 2.24) is 5.32 Å². The van der Waals surface area contributed by atoms with Gasteiger partial charge in [0.1, 0.15) is 5.57 Å². The fourth-order valence-corrected chi connectivity index (χ4v) is 3.45. The maximum Gasteiger partial charge on any atom is 0.270 e. The summed E-state index contributed by atoms with van der Waals surface area (Å²) in [6, 6.07) is 12.4. The van der Waals surface area contributed by atoms with Crippen molar-refractivity contribution in [1.29, 1.82) is 0 Å². The molecule has 0 unspecified atom stereocenters. The topological polar surface area (TPSA) is 49.4 Å². The monoisotopic (exact) mass is 418 g/mol. The Kier molecular flexibility index (Phi) is 5.65. The minimum absolute atomic E-state index is 0.0214. The molecule has 2 aromatic carbocycles. The lowest BCUT2D eigenvalue weighted by molar-refractivity contribution is -0.122. The van der Waals surface area contributed by atoms with Crippen LogP contribution in [0.3, 0.4) is 0 Å². The van der Waals surface area contributed by atoms with Gasteiger partial charge in [0.05, 0.1) is 10.7 Å². The Balaban J connectivity index is 1.99. The van der Waals surface area contributed by atoms with Crippen LogP contribution in [0, 0.1) is 0 Å². The molecule has 7 heteroatoms. The predicted octanol–water partition coefficient (Wildman–Crippen LogP) is 4.95. The Morgan fingerprint density at radius 2 is 1.74 bits per heavy atom. The third-order valence-corrected chi connectivity index (χ3v) is 4.99. The van der Waals surface area contributed by atoms with E-state index in [-0.39, 0.29) is 15.7 Å². The molecule has 3 rings (SSSR count). The van der Waals surface area contributed by atoms with Gasteiger partial charge < -0.3 is 0 Å². The van der Waals surface area contributed by atoms with E-state index in [1.54, 1.807) is 18.2 Å². The van der Waals surface area contributed by atoms with E-state index in [0.717, 1.165) is 5.56 Å². The molecule has 4 nitrogen and oxygen atoms in total. The molecule has 1 saturated heterocycles. The van der Waals surface area contributed by atoms with Crippen LogP contribution in [-0.2, 0) is 9.59 Å². The van der Waals surface area contributed by atoms with Crippen LogP contribution >= 0.6 is 35.4 Å². The molecule has 1 fully saturated rings. The van der Waals surface area contributed by atoms with Crippen molar-refractivity contribution in [2.45, 2.75) is 19.8 Å². The number of carbonyl (C=O) groups is 2. The Morgan fingerprint density at radius 1 is 1.07 bits per heavy atom. The first-order chi connectivity index (χ1) is 12.8. The fourth-order valence-electron chi connectivity index (χ4n) is 2.68. The first kappa shape index (κ1) is 19.5. The standard InChI is InChI=1S/C20H16Cl2N2O2S/c1-11(2)13-5-3-12(4-6-13)9-15-18(25)23-20(27)24(19(15)26)17-8-7-14(21)10-16(17)22/h3-11H,1-2H3,(H,23,25,27)/b15-9+. The second-order valence-electron chi connectivity index (χ2n) is 6.37. The Bertz CT molecular complexity index is 968. The summed E-state index contributed by atoms with van der Waals surface area (Å²) < 4.78 is 0. The Hall–Kier alpha value is -2.21. The minimum atomic E-state index is -0.542. The lowest BCUT2D eigenvalue weighted by Gasteiger charge is -2.29. The zero-order chi connectivity index (χ0) is 19.7. The van der Waals surface area contributed by atoms with Crippen molar-refractivity contribution in [3.63, 3.8) is 0 Å². The highest BCUT2D eigenvalue weighted by Crippen LogP contribution is 2.31. The summed E-state index contributed by atoms with van der Waals surface area (Å²) in [5.41, 5.74) is 2.25. The molecule has 1 aliphatic heterocycles. The Morgan fingerprint density at radius 3 is 2.33 bits per heavy atom. The van der Waals surface area contributed by atoms with E-state index in [1.807, 2.05) is 24.3 Å². The second kappa shape index (κ2) is 7.80. The summed E-state index contributed by atoms with van der Waals surface area (Å²) in [6.07, 6.45) is 1.54. The minimum Gasteiger partial charge on any atom is -0.298 e. The third-order valence-electron chi connectivity index (χ3n) is 4.17. The molecular weight excluding hydrogens is 403 g/mol. The average molecular weight is 419 g/mol. The molecule has 2 amide bonds. The smallest absolute Gasteiger partial charge is 0.270 e. The van der Waals surface area contributed by atoms with Gasteiger partial charge in [-0.2, -0.15) is 0 Å². The zero-order valence-corrected chi connectivity index (χ0v) is 17.0. The van der Waals surface area contributed by atoms with Crippen LogP contribution in [0.1, 0.15) is 30.9 Å². The van der Waals surface area contributed by atoms with Crippen LogP contribution in [0.5, 0.6) is 0 Å². The van der Waals surface area contributed by atoms with Gasteiger partial charge in [-0.05, 0) is 53.5 Å². The number of nitrogens with zero attached hydrogens (tertiary/aromatic N) is 1. The molecule has 0 aromatic heterocycles. The lowest BCUT2D eigenvalue weighted by atomic mass is 10.0. The molecule has 0 radical (unpaired) electrons.